The van der Waals surface area contributed by atoms with Gasteiger partial charge in [0.15, 0.2) is 11.5 Å². The Labute approximate surface area is 125 Å². The zero-order valence-electron chi connectivity index (χ0n) is 12.8. The fourth-order valence-electron chi connectivity index (χ4n) is 2.83. The van der Waals surface area contributed by atoms with Gasteiger partial charge in [-0.1, -0.05) is 6.92 Å². The molecule has 1 aliphatic rings. The topological polar surface area (TPSA) is 81.3 Å². The summed E-state index contributed by atoms with van der Waals surface area (Å²) in [4.78, 5) is 13.7. The van der Waals surface area contributed by atoms with Crippen LogP contribution >= 0.6 is 0 Å². The van der Waals surface area contributed by atoms with Gasteiger partial charge in [0.2, 0.25) is 0 Å². The fourth-order valence-corrected chi connectivity index (χ4v) is 2.83. The Morgan fingerprint density at radius 2 is 2.05 bits per heavy atom. The summed E-state index contributed by atoms with van der Waals surface area (Å²) in [6.45, 7) is 3.09. The highest BCUT2D eigenvalue weighted by atomic mass is 16.5. The number of carbonyl (C=O) groups is 1. The summed E-state index contributed by atoms with van der Waals surface area (Å²) in [7, 11) is 1.34. The Bertz CT molecular complexity index is 455. The van der Waals surface area contributed by atoms with Crippen LogP contribution in [0.4, 0.5) is 5.82 Å². The average Bonchev–Trinajstić information content (AvgIpc) is 2.53. The molecule has 2 rings (SSSR count). The molecule has 1 fully saturated rings. The molecule has 0 radical (unpaired) electrons. The van der Waals surface area contributed by atoms with Gasteiger partial charge in [-0.3, -0.25) is 0 Å². The molecule has 1 aromatic rings. The highest BCUT2D eigenvalue weighted by Crippen LogP contribution is 2.25. The lowest BCUT2D eigenvalue weighted by molar-refractivity contribution is 0.0592. The van der Waals surface area contributed by atoms with E-state index in [-0.39, 0.29) is 5.69 Å². The molecule has 1 heterocycles. The first-order valence-corrected chi connectivity index (χ1v) is 7.60. The number of esters is 1. The second-order valence-corrected chi connectivity index (χ2v) is 5.53. The van der Waals surface area contributed by atoms with E-state index in [1.54, 1.807) is 6.07 Å². The zero-order valence-corrected chi connectivity index (χ0v) is 12.8. The Morgan fingerprint density at radius 1 is 1.33 bits per heavy atom. The van der Waals surface area contributed by atoms with Gasteiger partial charge in [-0.25, -0.2) is 4.79 Å². The van der Waals surface area contributed by atoms with Gasteiger partial charge >= 0.3 is 5.97 Å². The summed E-state index contributed by atoms with van der Waals surface area (Å²) in [5.41, 5.74) is 6.22. The van der Waals surface area contributed by atoms with Gasteiger partial charge in [0.25, 0.3) is 0 Å². The molecule has 0 bridgehead atoms. The molecule has 116 valence electrons. The highest BCUT2D eigenvalue weighted by molar-refractivity contribution is 5.86. The van der Waals surface area contributed by atoms with Crippen molar-refractivity contribution in [1.82, 2.24) is 10.2 Å². The molecular formula is C15H24N4O2. The fraction of sp³-hybridized carbons (Fsp3) is 0.667. The zero-order chi connectivity index (χ0) is 15.2. The molecule has 0 unspecified atom stereocenters. The van der Waals surface area contributed by atoms with Gasteiger partial charge in [0, 0.05) is 18.6 Å². The molecule has 1 aromatic heterocycles. The van der Waals surface area contributed by atoms with Gasteiger partial charge in [-0.05, 0) is 44.2 Å². The summed E-state index contributed by atoms with van der Waals surface area (Å²) in [5.74, 6) is 0.365. The SMILES string of the molecule is CCCN(c1ccc(C(=O)OC)nn1)C1CCC(N)CC1. The predicted molar refractivity (Wildman–Crippen MR) is 81.2 cm³/mol. The van der Waals surface area contributed by atoms with Crippen LogP contribution in [0.3, 0.4) is 0 Å². The molecule has 0 amide bonds. The number of hydrogen-bond acceptors (Lipinski definition) is 6. The van der Waals surface area contributed by atoms with Crippen molar-refractivity contribution in [1.29, 1.82) is 0 Å². The highest BCUT2D eigenvalue weighted by Gasteiger charge is 2.25. The lowest BCUT2D eigenvalue weighted by Crippen LogP contribution is -2.42. The van der Waals surface area contributed by atoms with Crippen LogP contribution < -0.4 is 10.6 Å². The number of anilines is 1. The number of nitrogens with two attached hydrogens (primary N) is 1. The van der Waals surface area contributed by atoms with E-state index in [0.717, 1.165) is 44.5 Å². The Hall–Kier alpha value is -1.69. The van der Waals surface area contributed by atoms with Crippen LogP contribution in [0.25, 0.3) is 0 Å². The number of methoxy groups -OCH3 is 1. The molecule has 2 N–H and O–H groups in total. The van der Waals surface area contributed by atoms with Crippen LogP contribution in [0.5, 0.6) is 0 Å². The maximum absolute atomic E-state index is 11.4. The second kappa shape index (κ2) is 7.36. The third-order valence-electron chi connectivity index (χ3n) is 3.99. The van der Waals surface area contributed by atoms with Crippen molar-refractivity contribution in [3.05, 3.63) is 17.8 Å². The van der Waals surface area contributed by atoms with Crippen molar-refractivity contribution in [3.63, 3.8) is 0 Å². The number of hydrogen-bond donors (Lipinski definition) is 1. The van der Waals surface area contributed by atoms with Crippen molar-refractivity contribution >= 4 is 11.8 Å². The maximum Gasteiger partial charge on any atom is 0.358 e. The molecule has 0 atom stereocenters. The summed E-state index contributed by atoms with van der Waals surface area (Å²) in [5, 5.41) is 8.18. The van der Waals surface area contributed by atoms with Crippen molar-refractivity contribution in [3.8, 4) is 0 Å². The van der Waals surface area contributed by atoms with Crippen molar-refractivity contribution in [2.45, 2.75) is 51.1 Å². The number of aromatic nitrogens is 2. The predicted octanol–water partition coefficient (Wildman–Crippen LogP) is 1.75. The minimum absolute atomic E-state index is 0.239. The molecular weight excluding hydrogens is 268 g/mol. The maximum atomic E-state index is 11.4. The van der Waals surface area contributed by atoms with Crippen LogP contribution in [0, 0.1) is 0 Å². The number of carbonyl (C=O) groups excluding carboxylic acids is 1. The Kier molecular flexibility index (Phi) is 5.50. The molecule has 0 aliphatic heterocycles. The van der Waals surface area contributed by atoms with E-state index < -0.39 is 5.97 Å². The molecule has 6 heteroatoms. The standard InChI is InChI=1S/C15H24N4O2/c1-3-10-19(12-6-4-11(16)5-7-12)14-9-8-13(17-18-14)15(20)21-2/h8-9,11-12H,3-7,10,16H2,1-2H3. The largest absolute Gasteiger partial charge is 0.464 e. The van der Waals surface area contributed by atoms with E-state index in [4.69, 9.17) is 5.73 Å². The smallest absolute Gasteiger partial charge is 0.358 e. The van der Waals surface area contributed by atoms with E-state index in [9.17, 15) is 4.79 Å². The van der Waals surface area contributed by atoms with Crippen LogP contribution in [-0.2, 0) is 4.74 Å². The first-order valence-electron chi connectivity index (χ1n) is 7.60. The van der Waals surface area contributed by atoms with Crippen LogP contribution in [0.2, 0.25) is 0 Å². The van der Waals surface area contributed by atoms with Gasteiger partial charge < -0.3 is 15.4 Å². The number of rotatable bonds is 5. The lowest BCUT2D eigenvalue weighted by atomic mass is 9.90. The van der Waals surface area contributed by atoms with Gasteiger partial charge in [-0.2, -0.15) is 0 Å². The Morgan fingerprint density at radius 3 is 2.57 bits per heavy atom. The van der Waals surface area contributed by atoms with Crippen molar-refractivity contribution in [2.75, 3.05) is 18.6 Å². The van der Waals surface area contributed by atoms with E-state index in [1.165, 1.54) is 7.11 Å². The van der Waals surface area contributed by atoms with Crippen LogP contribution in [-0.4, -0.2) is 41.9 Å². The van der Waals surface area contributed by atoms with Gasteiger partial charge in [-0.15, -0.1) is 10.2 Å². The normalized spacial score (nSPS) is 21.9. The second-order valence-electron chi connectivity index (χ2n) is 5.53. The summed E-state index contributed by atoms with van der Waals surface area (Å²) >= 11 is 0. The number of nitrogens with zero attached hydrogens (tertiary/aromatic N) is 3. The lowest BCUT2D eigenvalue weighted by Gasteiger charge is -2.36. The Balaban J connectivity index is 2.12. The van der Waals surface area contributed by atoms with E-state index in [0.29, 0.717) is 12.1 Å². The van der Waals surface area contributed by atoms with Crippen molar-refractivity contribution < 1.29 is 9.53 Å². The summed E-state index contributed by atoms with van der Waals surface area (Å²) < 4.78 is 4.64. The van der Waals surface area contributed by atoms with Crippen LogP contribution in [0.15, 0.2) is 12.1 Å². The summed E-state index contributed by atoms with van der Waals surface area (Å²) in [6, 6.07) is 4.31. The quantitative estimate of drug-likeness (QED) is 0.833. The molecule has 0 spiro atoms. The van der Waals surface area contributed by atoms with E-state index in [2.05, 4.69) is 26.8 Å². The van der Waals surface area contributed by atoms with Gasteiger partial charge in [0.05, 0.1) is 7.11 Å². The first kappa shape index (κ1) is 15.7. The molecule has 0 saturated heterocycles. The van der Waals surface area contributed by atoms with Gasteiger partial charge in [0.1, 0.15) is 0 Å². The average molecular weight is 292 g/mol. The minimum Gasteiger partial charge on any atom is -0.464 e. The molecule has 1 saturated carbocycles. The summed E-state index contributed by atoms with van der Waals surface area (Å²) in [6.07, 6.45) is 5.32. The molecule has 1 aliphatic carbocycles. The third kappa shape index (κ3) is 3.91. The number of ether oxygens (including phenoxy) is 1. The van der Waals surface area contributed by atoms with Crippen LogP contribution in [0.1, 0.15) is 49.5 Å². The minimum atomic E-state index is -0.459. The molecule has 21 heavy (non-hydrogen) atoms. The molecule has 0 aromatic carbocycles. The monoisotopic (exact) mass is 292 g/mol. The third-order valence-corrected chi connectivity index (χ3v) is 3.99. The van der Waals surface area contributed by atoms with E-state index >= 15 is 0 Å². The molecule has 6 nitrogen and oxygen atoms in total. The van der Waals surface area contributed by atoms with E-state index in [1.807, 2.05) is 6.07 Å². The van der Waals surface area contributed by atoms with Crippen molar-refractivity contribution in [2.24, 2.45) is 5.73 Å². The first-order chi connectivity index (χ1) is 10.2.